The van der Waals surface area contributed by atoms with Gasteiger partial charge in [0.05, 0.1) is 16.9 Å². The van der Waals surface area contributed by atoms with Crippen molar-refractivity contribution in [2.45, 2.75) is 6.92 Å². The van der Waals surface area contributed by atoms with Gasteiger partial charge in [0.1, 0.15) is 4.70 Å². The molecular formula is C11H10N4OS2. The Hall–Kier alpha value is -1.73. The zero-order chi connectivity index (χ0) is 12.9. The van der Waals surface area contributed by atoms with Gasteiger partial charge in [0, 0.05) is 13.2 Å². The zero-order valence-electron chi connectivity index (χ0n) is 9.80. The van der Waals surface area contributed by atoms with E-state index in [9.17, 15) is 4.79 Å². The van der Waals surface area contributed by atoms with Gasteiger partial charge in [-0.15, -0.1) is 11.3 Å². The maximum absolute atomic E-state index is 12.4. The van der Waals surface area contributed by atoms with Crippen LogP contribution in [0, 0.1) is 11.7 Å². The summed E-state index contributed by atoms with van der Waals surface area (Å²) in [4.78, 5) is 15.5. The maximum atomic E-state index is 12.4. The number of rotatable bonds is 1. The highest BCUT2D eigenvalue weighted by Gasteiger charge is 2.12. The number of hydrogen-bond donors (Lipinski definition) is 1. The summed E-state index contributed by atoms with van der Waals surface area (Å²) in [5.74, 6) is 0. The summed E-state index contributed by atoms with van der Waals surface area (Å²) in [6, 6.07) is 1.86. The van der Waals surface area contributed by atoms with Crippen LogP contribution in [-0.4, -0.2) is 19.3 Å². The lowest BCUT2D eigenvalue weighted by molar-refractivity contribution is 0.756. The Morgan fingerprint density at radius 3 is 2.94 bits per heavy atom. The SMILES string of the molecule is Cc1nn(C)cc1-n1c(=S)[nH]c2ccsc2c1=O. The largest absolute Gasteiger partial charge is 0.331 e. The molecule has 0 bridgehead atoms. The van der Waals surface area contributed by atoms with Crippen LogP contribution in [0.4, 0.5) is 0 Å². The Labute approximate surface area is 111 Å². The predicted octanol–water partition coefficient (Wildman–Crippen LogP) is 2.15. The van der Waals surface area contributed by atoms with Crippen LogP contribution in [-0.2, 0) is 7.05 Å². The lowest BCUT2D eigenvalue weighted by Gasteiger charge is -2.04. The third kappa shape index (κ3) is 1.55. The van der Waals surface area contributed by atoms with Crippen molar-refractivity contribution in [3.05, 3.63) is 38.5 Å². The van der Waals surface area contributed by atoms with Crippen LogP contribution in [0.1, 0.15) is 5.69 Å². The molecule has 0 aliphatic rings. The van der Waals surface area contributed by atoms with Gasteiger partial charge < -0.3 is 4.98 Å². The minimum atomic E-state index is -0.0974. The van der Waals surface area contributed by atoms with E-state index in [1.54, 1.807) is 10.9 Å². The van der Waals surface area contributed by atoms with Crippen LogP contribution in [0.5, 0.6) is 0 Å². The van der Waals surface area contributed by atoms with Gasteiger partial charge in [-0.25, -0.2) is 4.57 Å². The molecule has 0 aliphatic carbocycles. The second-order valence-corrected chi connectivity index (χ2v) is 5.31. The summed E-state index contributed by atoms with van der Waals surface area (Å²) in [6.07, 6.45) is 1.79. The lowest BCUT2D eigenvalue weighted by Crippen LogP contribution is -2.19. The highest BCUT2D eigenvalue weighted by molar-refractivity contribution is 7.71. The van der Waals surface area contributed by atoms with Crippen molar-refractivity contribution >= 4 is 33.8 Å². The second kappa shape index (κ2) is 3.89. The van der Waals surface area contributed by atoms with Crippen molar-refractivity contribution in [2.75, 3.05) is 0 Å². The second-order valence-electron chi connectivity index (χ2n) is 4.01. The van der Waals surface area contributed by atoms with Crippen molar-refractivity contribution in [3.8, 4) is 5.69 Å². The van der Waals surface area contributed by atoms with Gasteiger partial charge in [0.25, 0.3) is 5.56 Å². The fourth-order valence-electron chi connectivity index (χ4n) is 1.96. The van der Waals surface area contributed by atoms with Gasteiger partial charge in [-0.3, -0.25) is 9.48 Å². The summed E-state index contributed by atoms with van der Waals surface area (Å²) < 4.78 is 4.23. The van der Waals surface area contributed by atoms with Gasteiger partial charge in [-0.2, -0.15) is 5.10 Å². The number of fused-ring (bicyclic) bond motifs is 1. The Balaban J connectivity index is 2.46. The topological polar surface area (TPSA) is 55.6 Å². The van der Waals surface area contributed by atoms with E-state index in [1.807, 2.05) is 25.4 Å². The Morgan fingerprint density at radius 2 is 2.28 bits per heavy atom. The van der Waals surface area contributed by atoms with Crippen LogP contribution in [0.15, 0.2) is 22.4 Å². The van der Waals surface area contributed by atoms with Gasteiger partial charge >= 0.3 is 0 Å². The molecule has 0 amide bonds. The van der Waals surface area contributed by atoms with Crippen LogP contribution in [0.25, 0.3) is 15.9 Å². The quantitative estimate of drug-likeness (QED) is 0.694. The van der Waals surface area contributed by atoms with Gasteiger partial charge in [-0.05, 0) is 30.6 Å². The van der Waals surface area contributed by atoms with E-state index in [4.69, 9.17) is 12.2 Å². The molecule has 0 radical (unpaired) electrons. The molecule has 92 valence electrons. The number of nitrogens with one attached hydrogen (secondary N) is 1. The van der Waals surface area contributed by atoms with Crippen molar-refractivity contribution in [1.82, 2.24) is 19.3 Å². The molecule has 3 aromatic rings. The van der Waals surface area contributed by atoms with Crippen LogP contribution in [0.2, 0.25) is 0 Å². The Morgan fingerprint density at radius 1 is 1.50 bits per heavy atom. The number of H-pyrrole nitrogens is 1. The molecule has 0 spiro atoms. The minimum absolute atomic E-state index is 0.0974. The molecule has 3 rings (SSSR count). The third-order valence-corrected chi connectivity index (χ3v) is 3.92. The van der Waals surface area contributed by atoms with E-state index in [1.165, 1.54) is 15.9 Å². The van der Waals surface area contributed by atoms with Gasteiger partial charge in [-0.1, -0.05) is 0 Å². The molecule has 0 unspecified atom stereocenters. The van der Waals surface area contributed by atoms with Crippen molar-refractivity contribution < 1.29 is 0 Å². The van der Waals surface area contributed by atoms with Crippen molar-refractivity contribution in [3.63, 3.8) is 0 Å². The summed E-state index contributed by atoms with van der Waals surface area (Å²) in [5.41, 5.74) is 2.18. The average Bonchev–Trinajstić information content (AvgIpc) is 2.86. The van der Waals surface area contributed by atoms with Gasteiger partial charge in [0.15, 0.2) is 4.77 Å². The van der Waals surface area contributed by atoms with Crippen LogP contribution in [0.3, 0.4) is 0 Å². The molecular weight excluding hydrogens is 268 g/mol. The lowest BCUT2D eigenvalue weighted by atomic mass is 10.4. The van der Waals surface area contributed by atoms with E-state index in [-0.39, 0.29) is 5.56 Å². The molecule has 7 heteroatoms. The monoisotopic (exact) mass is 278 g/mol. The highest BCUT2D eigenvalue weighted by atomic mass is 32.1. The number of nitrogens with zero attached hydrogens (tertiary/aromatic N) is 3. The summed E-state index contributed by atoms with van der Waals surface area (Å²) in [7, 11) is 1.82. The number of aromatic nitrogens is 4. The van der Waals surface area contributed by atoms with E-state index in [0.717, 1.165) is 16.9 Å². The molecule has 0 fully saturated rings. The number of hydrogen-bond acceptors (Lipinski definition) is 4. The molecule has 1 N–H and O–H groups in total. The third-order valence-electron chi connectivity index (χ3n) is 2.74. The van der Waals surface area contributed by atoms with Gasteiger partial charge in [0.2, 0.25) is 0 Å². The van der Waals surface area contributed by atoms with Crippen LogP contribution >= 0.6 is 23.6 Å². The summed E-state index contributed by atoms with van der Waals surface area (Å²) in [5, 5.41) is 6.11. The van der Waals surface area contributed by atoms with E-state index < -0.39 is 0 Å². The molecule has 0 saturated heterocycles. The predicted molar refractivity (Wildman–Crippen MR) is 74.1 cm³/mol. The van der Waals surface area contributed by atoms with Crippen molar-refractivity contribution in [1.29, 1.82) is 0 Å². The fourth-order valence-corrected chi connectivity index (χ4v) is 3.03. The molecule has 0 saturated carbocycles. The molecule has 0 aliphatic heterocycles. The number of thiophene rings is 1. The van der Waals surface area contributed by atoms with Crippen LogP contribution < -0.4 is 5.56 Å². The van der Waals surface area contributed by atoms with E-state index >= 15 is 0 Å². The normalized spacial score (nSPS) is 11.2. The first-order valence-electron chi connectivity index (χ1n) is 5.31. The Bertz CT molecular complexity index is 852. The first kappa shape index (κ1) is 11.4. The molecule has 3 aromatic heterocycles. The minimum Gasteiger partial charge on any atom is -0.331 e. The van der Waals surface area contributed by atoms with E-state index in [0.29, 0.717) is 9.47 Å². The number of aryl methyl sites for hydroxylation is 2. The maximum Gasteiger partial charge on any atom is 0.276 e. The van der Waals surface area contributed by atoms with E-state index in [2.05, 4.69) is 10.1 Å². The molecule has 0 atom stereocenters. The highest BCUT2D eigenvalue weighted by Crippen LogP contribution is 2.17. The Kier molecular flexibility index (Phi) is 2.46. The smallest absolute Gasteiger partial charge is 0.276 e. The zero-order valence-corrected chi connectivity index (χ0v) is 11.4. The molecule has 5 nitrogen and oxygen atoms in total. The standard InChI is InChI=1S/C11H10N4OS2/c1-6-8(5-14(2)13-6)15-10(16)9-7(3-4-18-9)12-11(15)17/h3-5H,1-2H3,(H,12,17). The van der Waals surface area contributed by atoms with Crippen molar-refractivity contribution in [2.24, 2.45) is 7.05 Å². The first-order chi connectivity index (χ1) is 8.58. The number of aromatic amines is 1. The molecule has 3 heterocycles. The summed E-state index contributed by atoms with van der Waals surface area (Å²) >= 11 is 6.66. The fraction of sp³-hybridized carbons (Fsp3) is 0.182. The molecule has 0 aromatic carbocycles. The average molecular weight is 278 g/mol. The first-order valence-corrected chi connectivity index (χ1v) is 6.60. The molecule has 18 heavy (non-hydrogen) atoms. The summed E-state index contributed by atoms with van der Waals surface area (Å²) in [6.45, 7) is 1.86.